The van der Waals surface area contributed by atoms with Crippen LogP contribution < -0.4 is 15.2 Å². The van der Waals surface area contributed by atoms with Gasteiger partial charge < -0.3 is 24.8 Å². The van der Waals surface area contributed by atoms with Gasteiger partial charge in [0.2, 0.25) is 0 Å². The third kappa shape index (κ3) is 2.32. The van der Waals surface area contributed by atoms with Crippen LogP contribution in [0.25, 0.3) is 33.3 Å². The number of aromatic nitrogens is 4. The number of nitrogens with two attached hydrogens (primary N) is 1. The highest BCUT2D eigenvalue weighted by atomic mass is 16.5. The van der Waals surface area contributed by atoms with Gasteiger partial charge in [-0.25, -0.2) is 9.97 Å². The summed E-state index contributed by atoms with van der Waals surface area (Å²) < 4.78 is 12.7. The number of H-pyrrole nitrogens is 1. The highest BCUT2D eigenvalue weighted by Crippen LogP contribution is 2.36. The Morgan fingerprint density at radius 1 is 1.24 bits per heavy atom. The number of ether oxygens (including phenoxy) is 2. The number of nitrogens with one attached hydrogen (secondary N) is 1. The third-order valence-corrected chi connectivity index (χ3v) is 4.44. The average Bonchev–Trinajstić information content (AvgIpc) is 3.21. The van der Waals surface area contributed by atoms with E-state index in [1.54, 1.807) is 20.4 Å². The predicted octanol–water partition coefficient (Wildman–Crippen LogP) is 2.59. The summed E-state index contributed by atoms with van der Waals surface area (Å²) in [5.41, 5.74) is 11.4. The van der Waals surface area contributed by atoms with Crippen LogP contribution in [0.3, 0.4) is 0 Å². The van der Waals surface area contributed by atoms with E-state index in [1.807, 2.05) is 29.9 Å². The molecule has 0 radical (unpaired) electrons. The molecule has 0 saturated carbocycles. The summed E-state index contributed by atoms with van der Waals surface area (Å²) in [6.07, 6.45) is 3.80. The van der Waals surface area contributed by atoms with Crippen LogP contribution in [0.5, 0.6) is 11.6 Å². The smallest absolute Gasteiger partial charge is 0.257 e. The number of aryl methyl sites for hydroxylation is 1. The summed E-state index contributed by atoms with van der Waals surface area (Å²) in [6, 6.07) is 5.93. The monoisotopic (exact) mass is 337 g/mol. The Morgan fingerprint density at radius 2 is 2.08 bits per heavy atom. The van der Waals surface area contributed by atoms with Gasteiger partial charge in [-0.3, -0.25) is 0 Å². The van der Waals surface area contributed by atoms with Crippen LogP contribution in [0.1, 0.15) is 5.56 Å². The van der Waals surface area contributed by atoms with E-state index in [0.29, 0.717) is 18.2 Å². The van der Waals surface area contributed by atoms with Gasteiger partial charge in [-0.1, -0.05) is 0 Å². The van der Waals surface area contributed by atoms with Crippen molar-refractivity contribution in [2.45, 2.75) is 6.54 Å². The zero-order valence-electron chi connectivity index (χ0n) is 14.3. The Bertz CT molecular complexity index is 1080. The topological polar surface area (TPSA) is 91.0 Å². The Labute approximate surface area is 144 Å². The van der Waals surface area contributed by atoms with E-state index < -0.39 is 0 Å². The maximum absolute atomic E-state index is 5.84. The minimum atomic E-state index is 0.458. The van der Waals surface area contributed by atoms with Crippen LogP contribution in [0, 0.1) is 0 Å². The Morgan fingerprint density at radius 3 is 2.80 bits per heavy atom. The summed E-state index contributed by atoms with van der Waals surface area (Å²) in [4.78, 5) is 12.4. The Kier molecular flexibility index (Phi) is 3.58. The second kappa shape index (κ2) is 5.78. The van der Waals surface area contributed by atoms with Crippen molar-refractivity contribution < 1.29 is 9.47 Å². The van der Waals surface area contributed by atoms with Gasteiger partial charge in [0.25, 0.3) is 5.88 Å². The molecule has 0 aliphatic heterocycles. The van der Waals surface area contributed by atoms with E-state index in [9.17, 15) is 0 Å². The van der Waals surface area contributed by atoms with Crippen molar-refractivity contribution in [1.82, 2.24) is 19.5 Å². The standard InChI is InChI=1S/C18H19N5O2/c1-23-9-12(16-14(23)7-15(24-2)18(22-16)25-3)13-6-11-10(8-19)4-5-20-17(11)21-13/h4-7,9H,8,19H2,1-3H3,(H,20,21). The van der Waals surface area contributed by atoms with Crippen LogP contribution in [-0.4, -0.2) is 33.7 Å². The first-order chi connectivity index (χ1) is 12.2. The van der Waals surface area contributed by atoms with E-state index in [1.165, 1.54) is 0 Å². The second-order valence-corrected chi connectivity index (χ2v) is 5.84. The Hall–Kier alpha value is -3.06. The molecule has 3 N–H and O–H groups in total. The lowest BCUT2D eigenvalue weighted by atomic mass is 10.1. The molecule has 0 aliphatic carbocycles. The minimum absolute atomic E-state index is 0.458. The lowest BCUT2D eigenvalue weighted by molar-refractivity contribution is 0.344. The van der Waals surface area contributed by atoms with Gasteiger partial charge in [-0.15, -0.1) is 0 Å². The van der Waals surface area contributed by atoms with Gasteiger partial charge in [-0.05, 0) is 17.7 Å². The first-order valence-corrected chi connectivity index (χ1v) is 7.91. The maximum atomic E-state index is 5.84. The van der Waals surface area contributed by atoms with Crippen molar-refractivity contribution in [3.05, 3.63) is 36.2 Å². The molecule has 0 aliphatic rings. The lowest BCUT2D eigenvalue weighted by Crippen LogP contribution is -1.96. The minimum Gasteiger partial charge on any atom is -0.491 e. The summed E-state index contributed by atoms with van der Waals surface area (Å²) in [5, 5.41) is 1.03. The van der Waals surface area contributed by atoms with Crippen LogP contribution in [0.4, 0.5) is 0 Å². The molecule has 4 aromatic heterocycles. The molecule has 0 aromatic carbocycles. The number of nitrogens with zero attached hydrogens (tertiary/aromatic N) is 3. The normalized spacial score (nSPS) is 11.4. The van der Waals surface area contributed by atoms with Gasteiger partial charge >= 0.3 is 0 Å². The number of aromatic amines is 1. The molecule has 0 bridgehead atoms. The number of hydrogen-bond donors (Lipinski definition) is 2. The highest BCUT2D eigenvalue weighted by molar-refractivity contribution is 5.96. The van der Waals surface area contributed by atoms with Gasteiger partial charge in [0.1, 0.15) is 11.2 Å². The van der Waals surface area contributed by atoms with Crippen LogP contribution in [-0.2, 0) is 13.6 Å². The molecule has 0 unspecified atom stereocenters. The van der Waals surface area contributed by atoms with E-state index in [2.05, 4.69) is 21.0 Å². The molecule has 0 amide bonds. The largest absolute Gasteiger partial charge is 0.491 e. The average molecular weight is 337 g/mol. The summed E-state index contributed by atoms with van der Waals surface area (Å²) >= 11 is 0. The molecule has 25 heavy (non-hydrogen) atoms. The van der Waals surface area contributed by atoms with E-state index >= 15 is 0 Å². The first kappa shape index (κ1) is 15.5. The molecule has 7 nitrogen and oxygen atoms in total. The molecule has 4 heterocycles. The molecule has 0 saturated heterocycles. The van der Waals surface area contributed by atoms with Crippen LogP contribution in [0.2, 0.25) is 0 Å². The number of fused-ring (bicyclic) bond motifs is 2. The third-order valence-electron chi connectivity index (χ3n) is 4.44. The van der Waals surface area contributed by atoms with Crippen molar-refractivity contribution in [3.8, 4) is 22.9 Å². The van der Waals surface area contributed by atoms with Gasteiger partial charge in [0.15, 0.2) is 5.75 Å². The summed E-state index contributed by atoms with van der Waals surface area (Å²) in [5.74, 6) is 1.06. The predicted molar refractivity (Wildman–Crippen MR) is 96.8 cm³/mol. The summed E-state index contributed by atoms with van der Waals surface area (Å²) in [6.45, 7) is 0.467. The fourth-order valence-corrected chi connectivity index (χ4v) is 3.15. The highest BCUT2D eigenvalue weighted by Gasteiger charge is 2.17. The van der Waals surface area contributed by atoms with Crippen molar-refractivity contribution in [2.75, 3.05) is 14.2 Å². The second-order valence-electron chi connectivity index (χ2n) is 5.84. The molecule has 7 heteroatoms. The number of hydrogen-bond acceptors (Lipinski definition) is 5. The fourth-order valence-electron chi connectivity index (χ4n) is 3.15. The molecule has 0 spiro atoms. The van der Waals surface area contributed by atoms with Gasteiger partial charge in [-0.2, -0.15) is 0 Å². The van der Waals surface area contributed by atoms with Crippen molar-refractivity contribution in [2.24, 2.45) is 12.8 Å². The van der Waals surface area contributed by atoms with Crippen molar-refractivity contribution in [1.29, 1.82) is 0 Å². The molecular weight excluding hydrogens is 318 g/mol. The molecule has 0 atom stereocenters. The van der Waals surface area contributed by atoms with Crippen LogP contribution >= 0.6 is 0 Å². The molecule has 4 aromatic rings. The van der Waals surface area contributed by atoms with Gasteiger partial charge in [0.05, 0.1) is 25.4 Å². The van der Waals surface area contributed by atoms with E-state index in [-0.39, 0.29) is 0 Å². The first-order valence-electron chi connectivity index (χ1n) is 7.91. The van der Waals surface area contributed by atoms with Gasteiger partial charge in [0, 0.05) is 43.0 Å². The number of pyridine rings is 2. The fraction of sp³-hybridized carbons (Fsp3) is 0.222. The molecule has 4 rings (SSSR count). The zero-order valence-corrected chi connectivity index (χ0v) is 14.3. The SMILES string of the molecule is COc1cc2c(nc1OC)c(-c1cc3c(CN)ccnc3[nH]1)cn2C. The van der Waals surface area contributed by atoms with E-state index in [4.69, 9.17) is 15.2 Å². The Balaban J connectivity index is 1.98. The molecule has 128 valence electrons. The van der Waals surface area contributed by atoms with Crippen molar-refractivity contribution in [3.63, 3.8) is 0 Å². The van der Waals surface area contributed by atoms with Crippen LogP contribution in [0.15, 0.2) is 30.6 Å². The zero-order chi connectivity index (χ0) is 17.6. The number of methoxy groups -OCH3 is 2. The molecule has 0 fully saturated rings. The molecular formula is C18H19N5O2. The number of rotatable bonds is 4. The lowest BCUT2D eigenvalue weighted by Gasteiger charge is -2.07. The van der Waals surface area contributed by atoms with E-state index in [0.717, 1.165) is 38.9 Å². The summed E-state index contributed by atoms with van der Waals surface area (Å²) in [7, 11) is 5.16. The quantitative estimate of drug-likeness (QED) is 0.597. The van der Waals surface area contributed by atoms with Crippen molar-refractivity contribution >= 4 is 22.1 Å². The maximum Gasteiger partial charge on any atom is 0.257 e.